The van der Waals surface area contributed by atoms with E-state index < -0.39 is 0 Å². The molecule has 2 aromatic heterocycles. The summed E-state index contributed by atoms with van der Waals surface area (Å²) < 4.78 is 7.73. The lowest BCUT2D eigenvalue weighted by atomic mass is 10.1. The molecule has 1 N–H and O–H groups in total. The lowest BCUT2D eigenvalue weighted by molar-refractivity contribution is 0.0367. The van der Waals surface area contributed by atoms with Gasteiger partial charge in [0.2, 0.25) is 0 Å². The van der Waals surface area contributed by atoms with Gasteiger partial charge in [-0.05, 0) is 24.6 Å². The van der Waals surface area contributed by atoms with Crippen molar-refractivity contribution in [1.82, 2.24) is 29.9 Å². The van der Waals surface area contributed by atoms with Gasteiger partial charge in [0.05, 0.1) is 12.6 Å². The molecule has 3 heterocycles. The number of hydrogen-bond acceptors (Lipinski definition) is 5. The first kappa shape index (κ1) is 16.5. The highest BCUT2D eigenvalue weighted by Gasteiger charge is 2.24. The molecule has 8 nitrogen and oxygen atoms in total. The van der Waals surface area contributed by atoms with Gasteiger partial charge >= 0.3 is 0 Å². The van der Waals surface area contributed by atoms with Crippen molar-refractivity contribution in [3.8, 4) is 11.4 Å². The third-order valence-electron chi connectivity index (χ3n) is 4.39. The van der Waals surface area contributed by atoms with Crippen molar-refractivity contribution in [3.63, 3.8) is 0 Å². The third-order valence-corrected chi connectivity index (χ3v) is 4.39. The second-order valence-corrected chi connectivity index (χ2v) is 6.24. The minimum atomic E-state index is -0.0705. The minimum absolute atomic E-state index is 0.00216. The van der Waals surface area contributed by atoms with Crippen molar-refractivity contribution in [2.45, 2.75) is 19.1 Å². The van der Waals surface area contributed by atoms with Crippen LogP contribution in [0.25, 0.3) is 11.4 Å². The Morgan fingerprint density at radius 3 is 3.12 bits per heavy atom. The van der Waals surface area contributed by atoms with Gasteiger partial charge < -0.3 is 9.64 Å². The lowest BCUT2D eigenvalue weighted by Crippen LogP contribution is -2.38. The average molecular weight is 352 g/mol. The molecule has 1 atom stereocenters. The molecule has 1 aliphatic rings. The zero-order valence-electron chi connectivity index (χ0n) is 14.3. The Bertz CT molecular complexity index is 846. The Morgan fingerprint density at radius 2 is 2.31 bits per heavy atom. The Morgan fingerprint density at radius 1 is 1.35 bits per heavy atom. The Balaban J connectivity index is 1.50. The predicted molar refractivity (Wildman–Crippen MR) is 94.3 cm³/mol. The van der Waals surface area contributed by atoms with Crippen LogP contribution in [0.4, 0.5) is 0 Å². The summed E-state index contributed by atoms with van der Waals surface area (Å²) in [6, 6.07) is 9.33. The standard InChI is InChI=1S/C18H20N6O2/c25-18(15-5-1-4-14(10-15)17-19-13-20-22-17)23-7-3-9-26-16(11-23)12-24-8-2-6-21-24/h1-2,4-6,8,10,13,16H,3,7,9,11-12H2,(H,19,20,22). The number of benzene rings is 1. The van der Waals surface area contributed by atoms with Gasteiger partial charge in [-0.2, -0.15) is 10.2 Å². The molecule has 1 aromatic carbocycles. The highest BCUT2D eigenvalue weighted by atomic mass is 16.5. The van der Waals surface area contributed by atoms with E-state index in [2.05, 4.69) is 20.3 Å². The summed E-state index contributed by atoms with van der Waals surface area (Å²) in [5, 5.41) is 10.9. The number of aromatic amines is 1. The summed E-state index contributed by atoms with van der Waals surface area (Å²) in [6.07, 6.45) is 5.85. The molecule has 0 bridgehead atoms. The monoisotopic (exact) mass is 352 g/mol. The van der Waals surface area contributed by atoms with E-state index in [1.165, 1.54) is 6.33 Å². The SMILES string of the molecule is O=C(c1cccc(-c2ncn[nH]2)c1)N1CCCOC(Cn2cccn2)C1. The van der Waals surface area contributed by atoms with Crippen LogP contribution < -0.4 is 0 Å². The first-order valence-corrected chi connectivity index (χ1v) is 8.64. The zero-order chi connectivity index (χ0) is 17.8. The Labute approximate surface area is 150 Å². The number of amides is 1. The van der Waals surface area contributed by atoms with Crippen molar-refractivity contribution in [1.29, 1.82) is 0 Å². The highest BCUT2D eigenvalue weighted by Crippen LogP contribution is 2.18. The average Bonchev–Trinajstić information content (AvgIpc) is 3.33. The van der Waals surface area contributed by atoms with Crippen LogP contribution in [-0.4, -0.2) is 61.6 Å². The molecule has 1 unspecified atom stereocenters. The Kier molecular flexibility index (Phi) is 4.74. The molecule has 1 aliphatic heterocycles. The molecule has 0 aliphatic carbocycles. The van der Waals surface area contributed by atoms with Crippen molar-refractivity contribution < 1.29 is 9.53 Å². The molecule has 1 amide bonds. The molecule has 0 saturated carbocycles. The number of nitrogens with zero attached hydrogens (tertiary/aromatic N) is 5. The van der Waals surface area contributed by atoms with Crippen LogP contribution >= 0.6 is 0 Å². The first-order valence-electron chi connectivity index (χ1n) is 8.64. The van der Waals surface area contributed by atoms with Crippen LogP contribution in [0.2, 0.25) is 0 Å². The van der Waals surface area contributed by atoms with E-state index in [0.29, 0.717) is 37.6 Å². The number of hydrogen-bond donors (Lipinski definition) is 1. The van der Waals surface area contributed by atoms with E-state index in [4.69, 9.17) is 4.74 Å². The number of H-pyrrole nitrogens is 1. The van der Waals surface area contributed by atoms with Crippen LogP contribution in [0.1, 0.15) is 16.8 Å². The van der Waals surface area contributed by atoms with Crippen LogP contribution in [0.3, 0.4) is 0 Å². The maximum atomic E-state index is 13.0. The fraction of sp³-hybridized carbons (Fsp3) is 0.333. The smallest absolute Gasteiger partial charge is 0.253 e. The largest absolute Gasteiger partial charge is 0.374 e. The number of nitrogens with one attached hydrogen (secondary N) is 1. The second-order valence-electron chi connectivity index (χ2n) is 6.24. The highest BCUT2D eigenvalue weighted by molar-refractivity contribution is 5.95. The van der Waals surface area contributed by atoms with Crippen molar-refractivity contribution in [2.24, 2.45) is 0 Å². The molecular formula is C18H20N6O2. The third kappa shape index (κ3) is 3.65. The molecule has 8 heteroatoms. The van der Waals surface area contributed by atoms with Crippen LogP contribution in [0, 0.1) is 0 Å². The topological polar surface area (TPSA) is 88.9 Å². The van der Waals surface area contributed by atoms with E-state index in [9.17, 15) is 4.79 Å². The molecule has 0 radical (unpaired) electrons. The molecule has 1 fully saturated rings. The maximum Gasteiger partial charge on any atom is 0.253 e. The maximum absolute atomic E-state index is 13.0. The number of aromatic nitrogens is 5. The Hall–Kier alpha value is -3.00. The van der Waals surface area contributed by atoms with Gasteiger partial charge in [0.1, 0.15) is 6.33 Å². The first-order chi connectivity index (χ1) is 12.8. The minimum Gasteiger partial charge on any atom is -0.374 e. The molecule has 3 aromatic rings. The van der Waals surface area contributed by atoms with Gasteiger partial charge in [0.15, 0.2) is 5.82 Å². The number of rotatable bonds is 4. The quantitative estimate of drug-likeness (QED) is 0.770. The van der Waals surface area contributed by atoms with Gasteiger partial charge in [-0.3, -0.25) is 14.6 Å². The molecule has 4 rings (SSSR count). The second kappa shape index (κ2) is 7.49. The van der Waals surface area contributed by atoms with Crippen molar-refractivity contribution in [2.75, 3.05) is 19.7 Å². The van der Waals surface area contributed by atoms with E-state index in [1.807, 2.05) is 46.1 Å². The van der Waals surface area contributed by atoms with E-state index in [1.54, 1.807) is 6.20 Å². The fourth-order valence-electron chi connectivity index (χ4n) is 3.13. The van der Waals surface area contributed by atoms with Gasteiger partial charge in [0, 0.05) is 43.2 Å². The normalized spacial score (nSPS) is 17.8. The molecule has 0 spiro atoms. The van der Waals surface area contributed by atoms with Crippen molar-refractivity contribution >= 4 is 5.91 Å². The molecule has 26 heavy (non-hydrogen) atoms. The zero-order valence-corrected chi connectivity index (χ0v) is 14.3. The van der Waals surface area contributed by atoms with E-state index in [-0.39, 0.29) is 12.0 Å². The summed E-state index contributed by atoms with van der Waals surface area (Å²) in [7, 11) is 0. The van der Waals surface area contributed by atoms with E-state index in [0.717, 1.165) is 12.0 Å². The van der Waals surface area contributed by atoms with Crippen LogP contribution in [-0.2, 0) is 11.3 Å². The van der Waals surface area contributed by atoms with Crippen molar-refractivity contribution in [3.05, 3.63) is 54.6 Å². The molecule has 134 valence electrons. The molecular weight excluding hydrogens is 332 g/mol. The predicted octanol–water partition coefficient (Wildman–Crippen LogP) is 1.60. The number of carbonyl (C=O) groups excluding carboxylic acids is 1. The fourth-order valence-corrected chi connectivity index (χ4v) is 3.13. The van der Waals surface area contributed by atoms with Gasteiger partial charge in [0.25, 0.3) is 5.91 Å². The van der Waals surface area contributed by atoms with Gasteiger partial charge in [-0.1, -0.05) is 12.1 Å². The number of carbonyl (C=O) groups is 1. The summed E-state index contributed by atoms with van der Waals surface area (Å²) in [5.74, 6) is 0.651. The molecule has 1 saturated heterocycles. The summed E-state index contributed by atoms with van der Waals surface area (Å²) in [6.45, 7) is 2.51. The summed E-state index contributed by atoms with van der Waals surface area (Å²) in [4.78, 5) is 19.0. The summed E-state index contributed by atoms with van der Waals surface area (Å²) >= 11 is 0. The van der Waals surface area contributed by atoms with E-state index >= 15 is 0 Å². The summed E-state index contributed by atoms with van der Waals surface area (Å²) in [5.41, 5.74) is 1.48. The van der Waals surface area contributed by atoms with Crippen LogP contribution in [0.5, 0.6) is 0 Å². The van der Waals surface area contributed by atoms with Gasteiger partial charge in [-0.15, -0.1) is 0 Å². The van der Waals surface area contributed by atoms with Crippen LogP contribution in [0.15, 0.2) is 49.1 Å². The number of ether oxygens (including phenoxy) is 1. The van der Waals surface area contributed by atoms with Gasteiger partial charge in [-0.25, -0.2) is 4.98 Å². The lowest BCUT2D eigenvalue weighted by Gasteiger charge is -2.24.